The minimum absolute atomic E-state index is 0.520. The summed E-state index contributed by atoms with van der Waals surface area (Å²) in [5.74, 6) is 0. The molecule has 0 spiro atoms. The van der Waals surface area contributed by atoms with Crippen LogP contribution < -0.4 is 0 Å². The van der Waals surface area contributed by atoms with E-state index in [0.717, 1.165) is 29.7 Å². The average molecular weight is 421 g/mol. The Balaban J connectivity index is 1.58. The molecule has 0 aromatic heterocycles. The van der Waals surface area contributed by atoms with Gasteiger partial charge in [-0.05, 0) is 23.3 Å². The molecule has 1 saturated heterocycles. The number of hydrogen-bond acceptors (Lipinski definition) is 3. The molecule has 25 heavy (non-hydrogen) atoms. The molecule has 0 radical (unpaired) electrons. The van der Waals surface area contributed by atoms with E-state index < -0.39 is 10.0 Å². The van der Waals surface area contributed by atoms with Crippen molar-refractivity contribution >= 4 is 32.0 Å². The molecule has 0 atom stereocenters. The molecular weight excluding hydrogens is 400 g/mol. The van der Waals surface area contributed by atoms with Gasteiger partial charge in [0.05, 0.1) is 0 Å². The van der Waals surface area contributed by atoms with Crippen molar-refractivity contribution in [2.24, 2.45) is 0 Å². The van der Waals surface area contributed by atoms with Crippen LogP contribution in [0, 0.1) is 0 Å². The Hall–Kier alpha value is -1.47. The van der Waals surface area contributed by atoms with E-state index in [2.05, 4.69) is 26.9 Å². The van der Waals surface area contributed by atoms with Crippen molar-refractivity contribution in [3.05, 3.63) is 75.6 Å². The maximum absolute atomic E-state index is 12.5. The van der Waals surface area contributed by atoms with E-state index in [1.54, 1.807) is 10.4 Å². The molecule has 2 aromatic rings. The van der Waals surface area contributed by atoms with Gasteiger partial charge < -0.3 is 0 Å². The van der Waals surface area contributed by atoms with Gasteiger partial charge in [-0.15, -0.1) is 0 Å². The number of sulfonamides is 1. The SMILES string of the molecule is O=S(=O)(/C=C/c1ccccc1)N1CCN(Cc2ccccc2Br)CC1. The van der Waals surface area contributed by atoms with Crippen LogP contribution in [0.2, 0.25) is 0 Å². The second kappa shape index (κ2) is 8.27. The molecule has 4 nitrogen and oxygen atoms in total. The Kier molecular flexibility index (Phi) is 6.06. The Morgan fingerprint density at radius 3 is 2.24 bits per heavy atom. The molecule has 3 rings (SSSR count). The van der Waals surface area contributed by atoms with Crippen molar-refractivity contribution in [2.45, 2.75) is 6.54 Å². The highest BCUT2D eigenvalue weighted by atomic mass is 79.9. The first kappa shape index (κ1) is 18.3. The summed E-state index contributed by atoms with van der Waals surface area (Å²) in [5.41, 5.74) is 2.11. The first-order chi connectivity index (χ1) is 12.0. The first-order valence-electron chi connectivity index (χ1n) is 8.24. The summed E-state index contributed by atoms with van der Waals surface area (Å²) in [6.07, 6.45) is 1.66. The number of halogens is 1. The average Bonchev–Trinajstić information content (AvgIpc) is 2.63. The summed E-state index contributed by atoms with van der Waals surface area (Å²) in [4.78, 5) is 2.28. The third-order valence-electron chi connectivity index (χ3n) is 4.27. The largest absolute Gasteiger partial charge is 0.296 e. The van der Waals surface area contributed by atoms with E-state index in [0.29, 0.717) is 13.1 Å². The van der Waals surface area contributed by atoms with E-state index in [1.807, 2.05) is 48.5 Å². The van der Waals surface area contributed by atoms with Crippen LogP contribution in [-0.4, -0.2) is 43.8 Å². The van der Waals surface area contributed by atoms with Crippen LogP contribution in [0.25, 0.3) is 6.08 Å². The Bertz CT molecular complexity index is 830. The smallest absolute Gasteiger partial charge is 0.236 e. The van der Waals surface area contributed by atoms with E-state index in [9.17, 15) is 8.42 Å². The molecule has 0 bridgehead atoms. The summed E-state index contributed by atoms with van der Waals surface area (Å²) in [5, 5.41) is 1.31. The normalized spacial score (nSPS) is 17.2. The van der Waals surface area contributed by atoms with E-state index in [-0.39, 0.29) is 0 Å². The lowest BCUT2D eigenvalue weighted by Crippen LogP contribution is -2.47. The van der Waals surface area contributed by atoms with Gasteiger partial charge in [-0.25, -0.2) is 8.42 Å². The standard InChI is InChI=1S/C19H21BrN2O2S/c20-19-9-5-4-8-18(19)16-21-11-13-22(14-12-21)25(23,24)15-10-17-6-2-1-3-7-17/h1-10,15H,11-14,16H2/b15-10+. The minimum Gasteiger partial charge on any atom is -0.296 e. The van der Waals surface area contributed by atoms with E-state index >= 15 is 0 Å². The molecular formula is C19H21BrN2O2S. The lowest BCUT2D eigenvalue weighted by atomic mass is 10.2. The number of piperazine rings is 1. The van der Waals surface area contributed by atoms with Gasteiger partial charge in [0.1, 0.15) is 0 Å². The molecule has 2 aromatic carbocycles. The van der Waals surface area contributed by atoms with Crippen molar-refractivity contribution < 1.29 is 8.42 Å². The molecule has 6 heteroatoms. The molecule has 0 aliphatic carbocycles. The van der Waals surface area contributed by atoms with Gasteiger partial charge in [0.2, 0.25) is 10.0 Å². The van der Waals surface area contributed by atoms with Crippen LogP contribution >= 0.6 is 15.9 Å². The molecule has 1 heterocycles. The minimum atomic E-state index is -3.37. The van der Waals surface area contributed by atoms with Gasteiger partial charge in [0, 0.05) is 42.6 Å². The predicted octanol–water partition coefficient (Wildman–Crippen LogP) is 3.57. The number of nitrogens with zero attached hydrogens (tertiary/aromatic N) is 2. The predicted molar refractivity (Wildman–Crippen MR) is 105 cm³/mol. The molecule has 0 unspecified atom stereocenters. The van der Waals surface area contributed by atoms with Crippen molar-refractivity contribution in [1.29, 1.82) is 0 Å². The zero-order valence-corrected chi connectivity index (χ0v) is 16.3. The number of hydrogen-bond donors (Lipinski definition) is 0. The van der Waals surface area contributed by atoms with Gasteiger partial charge in [-0.1, -0.05) is 64.5 Å². The summed E-state index contributed by atoms with van der Waals surface area (Å²) in [6, 6.07) is 17.6. The van der Waals surface area contributed by atoms with Gasteiger partial charge in [-0.3, -0.25) is 4.90 Å². The Morgan fingerprint density at radius 1 is 0.920 bits per heavy atom. The third-order valence-corrected chi connectivity index (χ3v) is 6.61. The van der Waals surface area contributed by atoms with Crippen LogP contribution in [-0.2, 0) is 16.6 Å². The van der Waals surface area contributed by atoms with Crippen LogP contribution in [0.4, 0.5) is 0 Å². The zero-order valence-electron chi connectivity index (χ0n) is 13.9. The Labute approximate surface area is 157 Å². The third kappa shape index (κ3) is 5.01. The molecule has 1 fully saturated rings. The summed E-state index contributed by atoms with van der Waals surface area (Å²) < 4.78 is 27.6. The van der Waals surface area contributed by atoms with Crippen LogP contribution in [0.1, 0.15) is 11.1 Å². The molecule has 0 amide bonds. The lowest BCUT2D eigenvalue weighted by molar-refractivity contribution is 0.182. The second-order valence-corrected chi connectivity index (χ2v) is 8.70. The fraction of sp³-hybridized carbons (Fsp3) is 0.263. The molecule has 132 valence electrons. The van der Waals surface area contributed by atoms with Crippen molar-refractivity contribution in [1.82, 2.24) is 9.21 Å². The summed E-state index contributed by atoms with van der Waals surface area (Å²) in [6.45, 7) is 3.34. The monoisotopic (exact) mass is 420 g/mol. The van der Waals surface area contributed by atoms with Gasteiger partial charge in [0.25, 0.3) is 0 Å². The summed E-state index contributed by atoms with van der Waals surface area (Å²) in [7, 11) is -3.37. The topological polar surface area (TPSA) is 40.6 Å². The number of rotatable bonds is 5. The number of benzene rings is 2. The maximum atomic E-state index is 12.5. The maximum Gasteiger partial charge on any atom is 0.236 e. The summed E-state index contributed by atoms with van der Waals surface area (Å²) >= 11 is 3.57. The van der Waals surface area contributed by atoms with Gasteiger partial charge in [-0.2, -0.15) is 4.31 Å². The van der Waals surface area contributed by atoms with Gasteiger partial charge >= 0.3 is 0 Å². The van der Waals surface area contributed by atoms with E-state index in [1.165, 1.54) is 11.0 Å². The second-order valence-electron chi connectivity index (χ2n) is 6.02. The molecule has 0 saturated carbocycles. The highest BCUT2D eigenvalue weighted by molar-refractivity contribution is 9.10. The van der Waals surface area contributed by atoms with Crippen molar-refractivity contribution in [3.8, 4) is 0 Å². The molecule has 0 N–H and O–H groups in total. The molecule has 1 aliphatic rings. The quantitative estimate of drug-likeness (QED) is 0.741. The van der Waals surface area contributed by atoms with Crippen LogP contribution in [0.5, 0.6) is 0 Å². The van der Waals surface area contributed by atoms with Crippen LogP contribution in [0.3, 0.4) is 0 Å². The fourth-order valence-corrected chi connectivity index (χ4v) is 4.41. The van der Waals surface area contributed by atoms with Crippen molar-refractivity contribution in [3.63, 3.8) is 0 Å². The zero-order chi connectivity index (χ0) is 17.7. The molecule has 1 aliphatic heterocycles. The highest BCUT2D eigenvalue weighted by Crippen LogP contribution is 2.19. The highest BCUT2D eigenvalue weighted by Gasteiger charge is 2.25. The fourth-order valence-electron chi connectivity index (χ4n) is 2.82. The Morgan fingerprint density at radius 2 is 1.56 bits per heavy atom. The lowest BCUT2D eigenvalue weighted by Gasteiger charge is -2.33. The van der Waals surface area contributed by atoms with Crippen molar-refractivity contribution in [2.75, 3.05) is 26.2 Å². The van der Waals surface area contributed by atoms with E-state index in [4.69, 9.17) is 0 Å². The first-order valence-corrected chi connectivity index (χ1v) is 10.5. The van der Waals surface area contributed by atoms with Gasteiger partial charge in [0.15, 0.2) is 0 Å². The van der Waals surface area contributed by atoms with Crippen LogP contribution in [0.15, 0.2) is 64.5 Å².